The fraction of sp³-hybridized carbons (Fsp3) is 0.357. The Hall–Kier alpha value is -1.42. The zero-order valence-electron chi connectivity index (χ0n) is 11.0. The van der Waals surface area contributed by atoms with Crippen molar-refractivity contribution in [3.05, 3.63) is 52.3 Å². The molecule has 0 bridgehead atoms. The van der Waals surface area contributed by atoms with Crippen LogP contribution in [0, 0.1) is 25.5 Å². The van der Waals surface area contributed by atoms with Crippen LogP contribution in [0.2, 0.25) is 0 Å². The Morgan fingerprint density at radius 1 is 1.32 bits per heavy atom. The van der Waals surface area contributed by atoms with E-state index in [2.05, 4.69) is 5.10 Å². The maximum absolute atomic E-state index is 13.6. The quantitative estimate of drug-likeness (QED) is 0.775. The van der Waals surface area contributed by atoms with Gasteiger partial charge in [0, 0.05) is 16.8 Å². The van der Waals surface area contributed by atoms with E-state index in [1.54, 1.807) is 4.68 Å². The summed E-state index contributed by atoms with van der Waals surface area (Å²) in [4.78, 5) is 0. The number of aromatic nitrogens is 2. The normalized spacial score (nSPS) is 12.7. The van der Waals surface area contributed by atoms with Crippen molar-refractivity contribution in [2.24, 2.45) is 0 Å². The van der Waals surface area contributed by atoms with Gasteiger partial charge in [0.1, 0.15) is 11.6 Å². The van der Waals surface area contributed by atoms with E-state index in [0.29, 0.717) is 0 Å². The molecule has 0 N–H and O–H groups in total. The Balaban J connectivity index is 2.39. The van der Waals surface area contributed by atoms with E-state index in [9.17, 15) is 8.78 Å². The van der Waals surface area contributed by atoms with Crippen LogP contribution >= 0.6 is 11.6 Å². The summed E-state index contributed by atoms with van der Waals surface area (Å²) in [5.74, 6) is -0.890. The first kappa shape index (κ1) is 14.0. The van der Waals surface area contributed by atoms with E-state index in [1.807, 2.05) is 20.8 Å². The van der Waals surface area contributed by atoms with Crippen molar-refractivity contribution < 1.29 is 8.78 Å². The largest absolute Gasteiger partial charge is 0.265 e. The minimum Gasteiger partial charge on any atom is -0.265 e. The maximum atomic E-state index is 13.6. The molecule has 0 radical (unpaired) electrons. The molecule has 0 aliphatic rings. The number of halogens is 3. The molecule has 1 aromatic heterocycles. The maximum Gasteiger partial charge on any atom is 0.128 e. The molecule has 1 atom stereocenters. The lowest BCUT2D eigenvalue weighted by molar-refractivity contribution is 0.561. The third-order valence-corrected chi connectivity index (χ3v) is 3.38. The molecular weight excluding hydrogens is 270 g/mol. The highest BCUT2D eigenvalue weighted by atomic mass is 35.5. The topological polar surface area (TPSA) is 17.8 Å². The molecule has 0 aliphatic carbocycles. The van der Waals surface area contributed by atoms with Gasteiger partial charge in [0.05, 0.1) is 17.6 Å². The number of hydrogen-bond acceptors (Lipinski definition) is 1. The number of aryl methyl sites for hydroxylation is 1. The van der Waals surface area contributed by atoms with Gasteiger partial charge in [0.15, 0.2) is 0 Å². The Bertz CT molecular complexity index is 606. The van der Waals surface area contributed by atoms with Crippen LogP contribution in [0.15, 0.2) is 18.2 Å². The smallest absolute Gasteiger partial charge is 0.128 e. The average molecular weight is 285 g/mol. The van der Waals surface area contributed by atoms with Gasteiger partial charge in [-0.15, -0.1) is 11.6 Å². The molecule has 0 fully saturated rings. The molecule has 0 amide bonds. The van der Waals surface area contributed by atoms with Gasteiger partial charge in [0.25, 0.3) is 0 Å². The van der Waals surface area contributed by atoms with Crippen LogP contribution in [0.1, 0.15) is 34.8 Å². The summed E-state index contributed by atoms with van der Waals surface area (Å²) in [5, 5.41) is 4.18. The van der Waals surface area contributed by atoms with Crippen LogP contribution in [0.4, 0.5) is 8.78 Å². The molecule has 0 saturated carbocycles. The molecule has 2 aromatic rings. The summed E-state index contributed by atoms with van der Waals surface area (Å²) in [6.07, 6.45) is 0. The SMILES string of the molecule is Cc1nn(Cc2cc(F)ccc2F)c(C)c1C(C)Cl. The molecule has 0 aliphatic heterocycles. The Kier molecular flexibility index (Phi) is 3.90. The molecule has 1 unspecified atom stereocenters. The van der Waals surface area contributed by atoms with Gasteiger partial charge in [0.2, 0.25) is 0 Å². The van der Waals surface area contributed by atoms with Crippen molar-refractivity contribution in [2.75, 3.05) is 0 Å². The first-order valence-corrected chi connectivity index (χ1v) is 6.45. The van der Waals surface area contributed by atoms with Crippen molar-refractivity contribution >= 4 is 11.6 Å². The van der Waals surface area contributed by atoms with E-state index >= 15 is 0 Å². The number of nitrogens with zero attached hydrogens (tertiary/aromatic N) is 2. The lowest BCUT2D eigenvalue weighted by Crippen LogP contribution is -2.06. The first-order valence-electron chi connectivity index (χ1n) is 6.02. The molecule has 19 heavy (non-hydrogen) atoms. The highest BCUT2D eigenvalue weighted by Gasteiger charge is 2.16. The molecule has 5 heteroatoms. The van der Waals surface area contributed by atoms with Crippen LogP contribution in [0.25, 0.3) is 0 Å². The zero-order chi connectivity index (χ0) is 14.2. The third-order valence-electron chi connectivity index (χ3n) is 3.16. The van der Waals surface area contributed by atoms with Crippen LogP contribution < -0.4 is 0 Å². The fourth-order valence-corrected chi connectivity index (χ4v) is 2.58. The van der Waals surface area contributed by atoms with E-state index < -0.39 is 11.6 Å². The van der Waals surface area contributed by atoms with Gasteiger partial charge in [-0.1, -0.05) is 0 Å². The Labute approximate surface area is 116 Å². The Morgan fingerprint density at radius 3 is 2.58 bits per heavy atom. The summed E-state index contributed by atoms with van der Waals surface area (Å²) >= 11 is 6.10. The van der Waals surface area contributed by atoms with Crippen LogP contribution in [-0.4, -0.2) is 9.78 Å². The molecule has 0 saturated heterocycles. The van der Waals surface area contributed by atoms with E-state index in [-0.39, 0.29) is 17.5 Å². The highest BCUT2D eigenvalue weighted by Crippen LogP contribution is 2.26. The molecule has 1 heterocycles. The second-order valence-corrected chi connectivity index (χ2v) is 5.25. The molecule has 2 nitrogen and oxygen atoms in total. The molecule has 0 spiro atoms. The van der Waals surface area contributed by atoms with Crippen molar-refractivity contribution in [1.29, 1.82) is 0 Å². The van der Waals surface area contributed by atoms with Crippen molar-refractivity contribution in [2.45, 2.75) is 32.7 Å². The Morgan fingerprint density at radius 2 is 2.00 bits per heavy atom. The molecule has 1 aromatic carbocycles. The highest BCUT2D eigenvalue weighted by molar-refractivity contribution is 6.20. The van der Waals surface area contributed by atoms with Gasteiger partial charge >= 0.3 is 0 Å². The second kappa shape index (κ2) is 5.29. The minimum atomic E-state index is -0.455. The van der Waals surface area contributed by atoms with E-state index in [1.165, 1.54) is 6.07 Å². The molecule has 2 rings (SSSR count). The van der Waals surface area contributed by atoms with Gasteiger partial charge in [-0.3, -0.25) is 4.68 Å². The van der Waals surface area contributed by atoms with Crippen LogP contribution in [0.3, 0.4) is 0 Å². The lowest BCUT2D eigenvalue weighted by Gasteiger charge is -2.08. The fourth-order valence-electron chi connectivity index (χ4n) is 2.27. The van der Waals surface area contributed by atoms with Crippen molar-refractivity contribution in [3.63, 3.8) is 0 Å². The predicted molar refractivity (Wildman–Crippen MR) is 71.4 cm³/mol. The average Bonchev–Trinajstić information content (AvgIpc) is 2.59. The number of alkyl halides is 1. The van der Waals surface area contributed by atoms with Gasteiger partial charge in [-0.05, 0) is 39.0 Å². The number of hydrogen-bond donors (Lipinski definition) is 0. The summed E-state index contributed by atoms with van der Waals surface area (Å²) in [6.45, 7) is 5.80. The number of benzene rings is 1. The zero-order valence-corrected chi connectivity index (χ0v) is 11.8. The van der Waals surface area contributed by atoms with Crippen LogP contribution in [-0.2, 0) is 6.54 Å². The van der Waals surface area contributed by atoms with Crippen LogP contribution in [0.5, 0.6) is 0 Å². The summed E-state index contributed by atoms with van der Waals surface area (Å²) in [5.41, 5.74) is 2.92. The lowest BCUT2D eigenvalue weighted by atomic mass is 10.1. The molecule has 102 valence electrons. The predicted octanol–water partition coefficient (Wildman–Crippen LogP) is 4.13. The van der Waals surface area contributed by atoms with Crippen molar-refractivity contribution in [1.82, 2.24) is 9.78 Å². The summed E-state index contributed by atoms with van der Waals surface area (Å²) in [7, 11) is 0. The molecular formula is C14H15ClF2N2. The van der Waals surface area contributed by atoms with Gasteiger partial charge in [-0.25, -0.2) is 8.78 Å². The van der Waals surface area contributed by atoms with Gasteiger partial charge in [-0.2, -0.15) is 5.10 Å². The second-order valence-electron chi connectivity index (χ2n) is 4.59. The number of rotatable bonds is 3. The standard InChI is InChI=1S/C14H15ClF2N2/c1-8(15)14-9(2)18-19(10(14)3)7-11-6-12(16)4-5-13(11)17/h4-6,8H,7H2,1-3H3. The van der Waals surface area contributed by atoms with E-state index in [0.717, 1.165) is 29.1 Å². The first-order chi connectivity index (χ1) is 8.90. The van der Waals surface area contributed by atoms with Crippen molar-refractivity contribution in [3.8, 4) is 0 Å². The van der Waals surface area contributed by atoms with E-state index in [4.69, 9.17) is 11.6 Å². The summed E-state index contributed by atoms with van der Waals surface area (Å²) < 4.78 is 28.4. The monoisotopic (exact) mass is 284 g/mol. The third kappa shape index (κ3) is 2.78. The van der Waals surface area contributed by atoms with Gasteiger partial charge < -0.3 is 0 Å². The summed E-state index contributed by atoms with van der Waals surface area (Å²) in [6, 6.07) is 3.42. The minimum absolute atomic E-state index is 0.161.